The third-order valence-electron chi connectivity index (χ3n) is 3.04. The van der Waals surface area contributed by atoms with E-state index in [9.17, 15) is 4.39 Å². The quantitative estimate of drug-likeness (QED) is 0.661. The fourth-order valence-electron chi connectivity index (χ4n) is 1.94. The molecule has 3 rings (SSSR count). The van der Waals surface area contributed by atoms with Gasteiger partial charge in [-0.1, -0.05) is 42.1 Å². The molecular weight excluding hydrogens is 303 g/mol. The first-order chi connectivity index (χ1) is 10.8. The molecule has 22 heavy (non-hydrogen) atoms. The second-order valence-electron chi connectivity index (χ2n) is 4.45. The summed E-state index contributed by atoms with van der Waals surface area (Å²) in [6.07, 6.45) is 1.86. The van der Waals surface area contributed by atoms with Gasteiger partial charge in [-0.3, -0.25) is 0 Å². The van der Waals surface area contributed by atoms with E-state index in [1.54, 1.807) is 24.3 Å². The molecule has 0 aliphatic carbocycles. The molecule has 2 aromatic carbocycles. The molecule has 6 heteroatoms. The second kappa shape index (κ2) is 6.62. The van der Waals surface area contributed by atoms with Gasteiger partial charge < -0.3 is 9.15 Å². The molecule has 0 fully saturated rings. The highest BCUT2D eigenvalue weighted by Gasteiger charge is 2.13. The number of para-hydroxylation sites is 1. The average molecular weight is 316 g/mol. The van der Waals surface area contributed by atoms with Gasteiger partial charge in [-0.15, -0.1) is 10.2 Å². The van der Waals surface area contributed by atoms with Crippen molar-refractivity contribution in [1.29, 1.82) is 0 Å². The van der Waals surface area contributed by atoms with Crippen LogP contribution in [-0.2, 0) is 6.61 Å². The van der Waals surface area contributed by atoms with Crippen LogP contribution >= 0.6 is 11.8 Å². The molecule has 0 saturated carbocycles. The molecule has 0 N–H and O–H groups in total. The average Bonchev–Trinajstić information content (AvgIpc) is 3.03. The minimum atomic E-state index is -0.289. The van der Waals surface area contributed by atoms with E-state index >= 15 is 0 Å². The summed E-state index contributed by atoms with van der Waals surface area (Å²) in [4.78, 5) is 0. The summed E-state index contributed by atoms with van der Waals surface area (Å²) in [5, 5.41) is 8.40. The summed E-state index contributed by atoms with van der Waals surface area (Å²) in [7, 11) is 0. The predicted octanol–water partition coefficient (Wildman–Crippen LogP) is 4.18. The van der Waals surface area contributed by atoms with Crippen LogP contribution in [-0.4, -0.2) is 16.5 Å². The monoisotopic (exact) mass is 316 g/mol. The van der Waals surface area contributed by atoms with Gasteiger partial charge in [-0.05, 0) is 24.5 Å². The number of halogens is 1. The van der Waals surface area contributed by atoms with Crippen LogP contribution in [0.15, 0.2) is 58.2 Å². The molecule has 0 atom stereocenters. The van der Waals surface area contributed by atoms with Crippen LogP contribution in [0, 0.1) is 5.82 Å². The molecule has 3 aromatic rings. The minimum Gasteiger partial charge on any atom is -0.488 e. The Hall–Kier alpha value is -2.34. The molecule has 0 amide bonds. The second-order valence-corrected chi connectivity index (χ2v) is 5.21. The van der Waals surface area contributed by atoms with Gasteiger partial charge >= 0.3 is 0 Å². The third kappa shape index (κ3) is 3.12. The molecule has 0 radical (unpaired) electrons. The Kier molecular flexibility index (Phi) is 4.39. The van der Waals surface area contributed by atoms with E-state index in [-0.39, 0.29) is 12.4 Å². The number of thioether (sulfide) groups is 1. The number of hydrogen-bond acceptors (Lipinski definition) is 5. The van der Waals surface area contributed by atoms with Crippen molar-refractivity contribution < 1.29 is 13.5 Å². The number of hydrogen-bond donors (Lipinski definition) is 0. The molecule has 0 spiro atoms. The number of aromatic nitrogens is 2. The van der Waals surface area contributed by atoms with Crippen molar-refractivity contribution in [2.24, 2.45) is 0 Å². The lowest BCUT2D eigenvalue weighted by Gasteiger charge is -2.09. The number of nitrogens with zero attached hydrogens (tertiary/aromatic N) is 2. The smallest absolute Gasteiger partial charge is 0.276 e. The molecule has 0 bridgehead atoms. The zero-order valence-electron chi connectivity index (χ0n) is 11.8. The van der Waals surface area contributed by atoms with Crippen LogP contribution in [0.3, 0.4) is 0 Å². The van der Waals surface area contributed by atoms with E-state index in [0.717, 1.165) is 0 Å². The summed E-state index contributed by atoms with van der Waals surface area (Å²) >= 11 is 1.37. The summed E-state index contributed by atoms with van der Waals surface area (Å²) in [5.74, 6) is 0.665. The Labute approximate surface area is 131 Å². The lowest BCUT2D eigenvalue weighted by atomic mass is 10.2. The zero-order chi connectivity index (χ0) is 15.4. The van der Waals surface area contributed by atoms with Crippen LogP contribution in [0.2, 0.25) is 0 Å². The Morgan fingerprint density at radius 3 is 2.64 bits per heavy atom. The number of rotatable bonds is 5. The van der Waals surface area contributed by atoms with E-state index in [4.69, 9.17) is 9.15 Å². The maximum absolute atomic E-state index is 13.6. The molecule has 0 unspecified atom stereocenters. The highest BCUT2D eigenvalue weighted by Crippen LogP contribution is 2.30. The van der Waals surface area contributed by atoms with E-state index in [0.29, 0.717) is 28.0 Å². The Morgan fingerprint density at radius 2 is 1.86 bits per heavy atom. The van der Waals surface area contributed by atoms with Crippen LogP contribution in [0.4, 0.5) is 4.39 Å². The van der Waals surface area contributed by atoms with E-state index in [1.165, 1.54) is 17.8 Å². The molecule has 1 aromatic heterocycles. The minimum absolute atomic E-state index is 0.132. The van der Waals surface area contributed by atoms with Gasteiger partial charge in [0.1, 0.15) is 18.2 Å². The van der Waals surface area contributed by atoms with Gasteiger partial charge in [0.15, 0.2) is 0 Å². The maximum Gasteiger partial charge on any atom is 0.276 e. The lowest BCUT2D eigenvalue weighted by Crippen LogP contribution is -1.99. The molecule has 112 valence electrons. The van der Waals surface area contributed by atoms with E-state index in [1.807, 2.05) is 24.5 Å². The summed E-state index contributed by atoms with van der Waals surface area (Å²) in [5.41, 5.74) is 1.18. The van der Waals surface area contributed by atoms with Gasteiger partial charge in [-0.2, -0.15) is 0 Å². The molecule has 4 nitrogen and oxygen atoms in total. The number of benzene rings is 2. The predicted molar refractivity (Wildman–Crippen MR) is 82.2 cm³/mol. The van der Waals surface area contributed by atoms with Crippen LogP contribution < -0.4 is 4.74 Å². The standard InChI is InChI=1S/C16H13FN2O2S/c1-22-16-19-18-15(21-16)12-7-3-5-9-14(12)20-10-11-6-2-4-8-13(11)17/h2-9H,10H2,1H3. The summed E-state index contributed by atoms with van der Waals surface area (Å²) in [6.45, 7) is 0.132. The van der Waals surface area contributed by atoms with E-state index < -0.39 is 0 Å². The Bertz CT molecular complexity index is 776. The van der Waals surface area contributed by atoms with Crippen molar-refractivity contribution in [3.05, 3.63) is 59.9 Å². The lowest BCUT2D eigenvalue weighted by molar-refractivity contribution is 0.300. The van der Waals surface area contributed by atoms with Crippen molar-refractivity contribution in [2.45, 2.75) is 11.8 Å². The first kappa shape index (κ1) is 14.6. The SMILES string of the molecule is CSc1nnc(-c2ccccc2OCc2ccccc2F)o1. The first-order valence-corrected chi connectivity index (χ1v) is 7.83. The molecule has 1 heterocycles. The van der Waals surface area contributed by atoms with Crippen molar-refractivity contribution in [3.8, 4) is 17.2 Å². The zero-order valence-corrected chi connectivity index (χ0v) is 12.6. The van der Waals surface area contributed by atoms with Crippen LogP contribution in [0.25, 0.3) is 11.5 Å². The van der Waals surface area contributed by atoms with Crippen molar-refractivity contribution in [3.63, 3.8) is 0 Å². The van der Waals surface area contributed by atoms with Crippen molar-refractivity contribution in [1.82, 2.24) is 10.2 Å². The van der Waals surface area contributed by atoms with Crippen molar-refractivity contribution in [2.75, 3.05) is 6.26 Å². The van der Waals surface area contributed by atoms with Gasteiger partial charge in [0.25, 0.3) is 11.1 Å². The largest absolute Gasteiger partial charge is 0.488 e. The fourth-order valence-corrected chi connectivity index (χ4v) is 2.23. The van der Waals surface area contributed by atoms with Gasteiger partial charge in [0.2, 0.25) is 0 Å². The Balaban J connectivity index is 1.84. The molecule has 0 aliphatic heterocycles. The molecule has 0 aliphatic rings. The topological polar surface area (TPSA) is 48.2 Å². The summed E-state index contributed by atoms with van der Waals surface area (Å²) in [6, 6.07) is 13.8. The van der Waals surface area contributed by atoms with Crippen LogP contribution in [0.5, 0.6) is 5.75 Å². The van der Waals surface area contributed by atoms with Gasteiger partial charge in [0, 0.05) is 5.56 Å². The maximum atomic E-state index is 13.6. The number of ether oxygens (including phenoxy) is 1. The first-order valence-electron chi connectivity index (χ1n) is 6.61. The molecule has 0 saturated heterocycles. The highest BCUT2D eigenvalue weighted by molar-refractivity contribution is 7.98. The Morgan fingerprint density at radius 1 is 1.09 bits per heavy atom. The van der Waals surface area contributed by atoms with Gasteiger partial charge in [0.05, 0.1) is 5.56 Å². The fraction of sp³-hybridized carbons (Fsp3) is 0.125. The van der Waals surface area contributed by atoms with E-state index in [2.05, 4.69) is 10.2 Å². The third-order valence-corrected chi connectivity index (χ3v) is 3.55. The normalized spacial score (nSPS) is 10.6. The molecular formula is C16H13FN2O2S. The van der Waals surface area contributed by atoms with Gasteiger partial charge in [-0.25, -0.2) is 4.39 Å². The summed E-state index contributed by atoms with van der Waals surface area (Å²) < 4.78 is 24.9. The van der Waals surface area contributed by atoms with Crippen LogP contribution in [0.1, 0.15) is 5.56 Å². The highest BCUT2D eigenvalue weighted by atomic mass is 32.2. The van der Waals surface area contributed by atoms with Crippen molar-refractivity contribution >= 4 is 11.8 Å².